The van der Waals surface area contributed by atoms with Crippen LogP contribution in [0.25, 0.3) is 10.9 Å². The molecule has 2 amide bonds. The molecule has 3 rings (SSSR count). The highest BCUT2D eigenvalue weighted by Crippen LogP contribution is 2.27. The fourth-order valence-electron chi connectivity index (χ4n) is 2.48. The van der Waals surface area contributed by atoms with Gasteiger partial charge in [0, 0.05) is 22.8 Å². The second-order valence-corrected chi connectivity index (χ2v) is 6.91. The summed E-state index contributed by atoms with van der Waals surface area (Å²) < 4.78 is 2.09. The SMILES string of the molecule is Cn1c(C(=O)NCc2cc(C(=O)NO)c(Cl)s2)cc2ccccc21. The maximum Gasteiger partial charge on any atom is 0.277 e. The van der Waals surface area contributed by atoms with Crippen LogP contribution in [0.3, 0.4) is 0 Å². The van der Waals surface area contributed by atoms with E-state index in [1.807, 2.05) is 41.9 Å². The molecule has 0 spiro atoms. The molecule has 8 heteroatoms. The molecule has 24 heavy (non-hydrogen) atoms. The van der Waals surface area contributed by atoms with Gasteiger partial charge in [0.15, 0.2) is 0 Å². The molecule has 2 aromatic heterocycles. The van der Waals surface area contributed by atoms with Gasteiger partial charge in [-0.2, -0.15) is 0 Å². The number of hydroxylamine groups is 1. The molecule has 2 heterocycles. The van der Waals surface area contributed by atoms with E-state index >= 15 is 0 Å². The van der Waals surface area contributed by atoms with Crippen molar-refractivity contribution in [3.63, 3.8) is 0 Å². The number of nitrogens with zero attached hydrogens (tertiary/aromatic N) is 1. The molecular weight excluding hydrogens is 350 g/mol. The Kier molecular flexibility index (Phi) is 4.57. The Bertz CT molecular complexity index is 932. The van der Waals surface area contributed by atoms with Gasteiger partial charge in [0.05, 0.1) is 12.1 Å². The first-order valence-electron chi connectivity index (χ1n) is 7.06. The lowest BCUT2D eigenvalue weighted by Gasteiger charge is -2.05. The molecule has 0 fully saturated rings. The van der Waals surface area contributed by atoms with Crippen LogP contribution in [0, 0.1) is 0 Å². The molecule has 0 unspecified atom stereocenters. The van der Waals surface area contributed by atoms with E-state index in [0.29, 0.717) is 10.6 Å². The van der Waals surface area contributed by atoms with Crippen molar-refractivity contribution in [2.45, 2.75) is 6.54 Å². The Labute approximate surface area is 146 Å². The number of nitrogens with one attached hydrogen (secondary N) is 2. The Balaban J connectivity index is 1.75. The van der Waals surface area contributed by atoms with Crippen LogP contribution in [0.4, 0.5) is 0 Å². The first-order valence-corrected chi connectivity index (χ1v) is 8.26. The third-order valence-electron chi connectivity index (χ3n) is 3.69. The predicted molar refractivity (Wildman–Crippen MR) is 92.7 cm³/mol. The summed E-state index contributed by atoms with van der Waals surface area (Å²) in [5, 5.41) is 12.5. The summed E-state index contributed by atoms with van der Waals surface area (Å²) in [6, 6.07) is 11.1. The number of rotatable bonds is 4. The van der Waals surface area contributed by atoms with Crippen LogP contribution in [0.15, 0.2) is 36.4 Å². The van der Waals surface area contributed by atoms with Crippen LogP contribution < -0.4 is 10.8 Å². The van der Waals surface area contributed by atoms with Crippen LogP contribution in [0.2, 0.25) is 4.34 Å². The zero-order chi connectivity index (χ0) is 17.3. The van der Waals surface area contributed by atoms with E-state index < -0.39 is 5.91 Å². The van der Waals surface area contributed by atoms with Crippen molar-refractivity contribution in [3.8, 4) is 0 Å². The Morgan fingerprint density at radius 3 is 2.71 bits per heavy atom. The number of fused-ring (bicyclic) bond motifs is 1. The summed E-state index contributed by atoms with van der Waals surface area (Å²) in [5.74, 6) is -0.895. The number of carbonyl (C=O) groups is 2. The molecule has 0 atom stereocenters. The third kappa shape index (κ3) is 3.01. The molecule has 0 saturated carbocycles. The maximum absolute atomic E-state index is 12.4. The lowest BCUT2D eigenvalue weighted by atomic mass is 10.2. The van der Waals surface area contributed by atoms with Gasteiger partial charge < -0.3 is 9.88 Å². The van der Waals surface area contributed by atoms with E-state index in [1.54, 1.807) is 11.5 Å². The Hall–Kier alpha value is -2.35. The summed E-state index contributed by atoms with van der Waals surface area (Å²) in [7, 11) is 1.84. The molecule has 6 nitrogen and oxygen atoms in total. The monoisotopic (exact) mass is 363 g/mol. The minimum absolute atomic E-state index is 0.179. The second-order valence-electron chi connectivity index (χ2n) is 5.17. The van der Waals surface area contributed by atoms with Crippen molar-refractivity contribution in [1.29, 1.82) is 0 Å². The van der Waals surface area contributed by atoms with Gasteiger partial charge in [-0.05, 0) is 18.2 Å². The number of aryl methyl sites for hydroxylation is 1. The molecule has 0 aliphatic heterocycles. The number of thiophene rings is 1. The number of amides is 2. The van der Waals surface area contributed by atoms with E-state index in [0.717, 1.165) is 10.9 Å². The summed E-state index contributed by atoms with van der Waals surface area (Å²) >= 11 is 7.14. The molecule has 124 valence electrons. The molecule has 1 aromatic carbocycles. The fraction of sp³-hybridized carbons (Fsp3) is 0.125. The van der Waals surface area contributed by atoms with Crippen molar-refractivity contribution in [2.75, 3.05) is 0 Å². The average molecular weight is 364 g/mol. The number of hydrogen-bond acceptors (Lipinski definition) is 4. The average Bonchev–Trinajstić information content (AvgIpc) is 3.13. The van der Waals surface area contributed by atoms with Crippen molar-refractivity contribution in [3.05, 3.63) is 56.9 Å². The van der Waals surface area contributed by atoms with Crippen LogP contribution in [-0.2, 0) is 13.6 Å². The smallest absolute Gasteiger partial charge is 0.277 e. The largest absolute Gasteiger partial charge is 0.346 e. The Morgan fingerprint density at radius 2 is 2.00 bits per heavy atom. The first kappa shape index (κ1) is 16.5. The van der Waals surface area contributed by atoms with Crippen molar-refractivity contribution < 1.29 is 14.8 Å². The highest BCUT2D eigenvalue weighted by atomic mass is 35.5. The number of halogens is 1. The van der Waals surface area contributed by atoms with E-state index in [9.17, 15) is 9.59 Å². The van der Waals surface area contributed by atoms with Crippen LogP contribution in [0.5, 0.6) is 0 Å². The van der Waals surface area contributed by atoms with Crippen LogP contribution in [-0.4, -0.2) is 21.6 Å². The van der Waals surface area contributed by atoms with E-state index in [1.165, 1.54) is 11.3 Å². The van der Waals surface area contributed by atoms with Gasteiger partial charge in [0.1, 0.15) is 10.0 Å². The van der Waals surface area contributed by atoms with Crippen LogP contribution >= 0.6 is 22.9 Å². The maximum atomic E-state index is 12.4. The van der Waals surface area contributed by atoms with E-state index in [2.05, 4.69) is 5.32 Å². The van der Waals surface area contributed by atoms with Gasteiger partial charge >= 0.3 is 0 Å². The van der Waals surface area contributed by atoms with Crippen LogP contribution in [0.1, 0.15) is 25.7 Å². The molecule has 3 aromatic rings. The number of aromatic nitrogens is 1. The number of benzene rings is 1. The van der Waals surface area contributed by atoms with Gasteiger partial charge in [-0.25, -0.2) is 5.48 Å². The predicted octanol–water partition coefficient (Wildman–Crippen LogP) is 2.94. The van der Waals surface area contributed by atoms with Gasteiger partial charge in [0.2, 0.25) is 0 Å². The van der Waals surface area contributed by atoms with Gasteiger partial charge in [0.25, 0.3) is 11.8 Å². The summed E-state index contributed by atoms with van der Waals surface area (Å²) in [6.45, 7) is 0.240. The molecule has 0 saturated heterocycles. The summed E-state index contributed by atoms with van der Waals surface area (Å²) in [4.78, 5) is 24.5. The molecule has 0 bridgehead atoms. The fourth-order valence-corrected chi connectivity index (χ4v) is 3.73. The number of hydrogen-bond donors (Lipinski definition) is 3. The lowest BCUT2D eigenvalue weighted by molar-refractivity contribution is 0.0707. The molecule has 0 aliphatic rings. The van der Waals surface area contributed by atoms with Crippen molar-refractivity contribution in [1.82, 2.24) is 15.4 Å². The quantitative estimate of drug-likeness (QED) is 0.492. The topological polar surface area (TPSA) is 83.4 Å². The van der Waals surface area contributed by atoms with E-state index in [4.69, 9.17) is 16.8 Å². The molecule has 0 radical (unpaired) electrons. The zero-order valence-electron chi connectivity index (χ0n) is 12.7. The number of carbonyl (C=O) groups excluding carboxylic acids is 2. The van der Waals surface area contributed by atoms with Gasteiger partial charge in [-0.3, -0.25) is 14.8 Å². The second kappa shape index (κ2) is 6.64. The zero-order valence-corrected chi connectivity index (χ0v) is 14.2. The summed E-state index contributed by atoms with van der Waals surface area (Å²) in [6.07, 6.45) is 0. The highest BCUT2D eigenvalue weighted by Gasteiger charge is 2.16. The van der Waals surface area contributed by atoms with Gasteiger partial charge in [-0.15, -0.1) is 11.3 Å². The molecule has 0 aliphatic carbocycles. The van der Waals surface area contributed by atoms with Gasteiger partial charge in [-0.1, -0.05) is 29.8 Å². The highest BCUT2D eigenvalue weighted by molar-refractivity contribution is 7.16. The lowest BCUT2D eigenvalue weighted by Crippen LogP contribution is -2.24. The normalized spacial score (nSPS) is 10.8. The van der Waals surface area contributed by atoms with E-state index in [-0.39, 0.29) is 22.4 Å². The first-order chi connectivity index (χ1) is 11.5. The number of para-hydroxylation sites is 1. The third-order valence-corrected chi connectivity index (χ3v) is 5.05. The van der Waals surface area contributed by atoms with Crippen molar-refractivity contribution in [2.24, 2.45) is 7.05 Å². The minimum Gasteiger partial charge on any atom is -0.346 e. The standard InChI is InChI=1S/C16H14ClN3O3S/c1-20-12-5-3-2-4-9(12)6-13(20)16(22)18-8-10-7-11(14(17)24-10)15(21)19-23/h2-7,23H,8H2,1H3,(H,18,22)(H,19,21). The minimum atomic E-state index is -0.678. The summed E-state index contributed by atoms with van der Waals surface area (Å²) in [5.41, 5.74) is 3.24. The molecular formula is C16H14ClN3O3S. The Morgan fingerprint density at radius 1 is 1.25 bits per heavy atom. The van der Waals surface area contributed by atoms with Crippen molar-refractivity contribution >= 4 is 45.7 Å². The molecule has 3 N–H and O–H groups in total.